The minimum atomic E-state index is -4.18. The van der Waals surface area contributed by atoms with Crippen LogP contribution in [0.15, 0.2) is 0 Å². The number of aliphatic hydroxyl groups excluding tert-OH is 1. The van der Waals surface area contributed by atoms with Gasteiger partial charge in [-0.3, -0.25) is 4.68 Å². The summed E-state index contributed by atoms with van der Waals surface area (Å²) in [6, 6.07) is 0. The van der Waals surface area contributed by atoms with E-state index in [2.05, 4.69) is 5.10 Å². The molecule has 0 aliphatic heterocycles. The maximum Gasteiger partial charge on any atom is 0.390 e. The first kappa shape index (κ1) is 14.0. The summed E-state index contributed by atoms with van der Waals surface area (Å²) in [5, 5.41) is 13.4. The van der Waals surface area contributed by atoms with E-state index in [-0.39, 0.29) is 13.2 Å². The molecule has 1 rings (SSSR count). The van der Waals surface area contributed by atoms with Crippen LogP contribution < -0.4 is 0 Å². The minimum Gasteiger partial charge on any atom is -0.392 e. The first-order valence-electron chi connectivity index (χ1n) is 5.68. The summed E-state index contributed by atoms with van der Waals surface area (Å²) in [5.74, 6) is 0. The van der Waals surface area contributed by atoms with Crippen LogP contribution in [0, 0.1) is 0 Å². The second kappa shape index (κ2) is 5.53. The summed E-state index contributed by atoms with van der Waals surface area (Å²) in [7, 11) is 0. The van der Waals surface area contributed by atoms with E-state index in [4.69, 9.17) is 0 Å². The molecule has 0 spiro atoms. The Hall–Kier alpha value is -1.04. The molecule has 0 atom stereocenters. The third-order valence-electron chi connectivity index (χ3n) is 2.68. The normalized spacial score (nSPS) is 12.1. The predicted octanol–water partition coefficient (Wildman–Crippen LogP) is 2.45. The third-order valence-corrected chi connectivity index (χ3v) is 2.68. The summed E-state index contributed by atoms with van der Waals surface area (Å²) in [4.78, 5) is 0. The SMILES string of the molecule is CCc1nn(CCC(F)(F)F)c(CC)c1CO. The molecule has 0 aliphatic rings. The van der Waals surface area contributed by atoms with Crippen LogP contribution in [-0.2, 0) is 26.0 Å². The molecule has 1 heterocycles. The lowest BCUT2D eigenvalue weighted by atomic mass is 10.1. The Morgan fingerprint density at radius 3 is 2.29 bits per heavy atom. The van der Waals surface area contributed by atoms with Crippen LogP contribution in [0.5, 0.6) is 0 Å². The Balaban J connectivity index is 2.95. The highest BCUT2D eigenvalue weighted by molar-refractivity contribution is 5.25. The summed E-state index contributed by atoms with van der Waals surface area (Å²) < 4.78 is 37.8. The van der Waals surface area contributed by atoms with Crippen molar-refractivity contribution in [3.8, 4) is 0 Å². The summed E-state index contributed by atoms with van der Waals surface area (Å²) in [6.07, 6.45) is -3.89. The molecule has 1 N–H and O–H groups in total. The Morgan fingerprint density at radius 1 is 1.24 bits per heavy atom. The fourth-order valence-corrected chi connectivity index (χ4v) is 1.87. The predicted molar refractivity (Wildman–Crippen MR) is 57.6 cm³/mol. The molecule has 3 nitrogen and oxygen atoms in total. The maximum atomic E-state index is 12.2. The van der Waals surface area contributed by atoms with Crippen LogP contribution >= 0.6 is 0 Å². The van der Waals surface area contributed by atoms with E-state index in [9.17, 15) is 18.3 Å². The average Bonchev–Trinajstić information content (AvgIpc) is 2.62. The van der Waals surface area contributed by atoms with Crippen LogP contribution in [0.2, 0.25) is 0 Å². The van der Waals surface area contributed by atoms with Crippen molar-refractivity contribution >= 4 is 0 Å². The standard InChI is InChI=1S/C11H17F3N2O/c1-3-9-8(7-17)10(4-2)16(15-9)6-5-11(12,13)14/h17H,3-7H2,1-2H3. The highest BCUT2D eigenvalue weighted by Crippen LogP contribution is 2.22. The fourth-order valence-electron chi connectivity index (χ4n) is 1.87. The average molecular weight is 250 g/mol. The lowest BCUT2D eigenvalue weighted by Crippen LogP contribution is -2.14. The Kier molecular flexibility index (Phi) is 4.56. The zero-order chi connectivity index (χ0) is 13.1. The van der Waals surface area contributed by atoms with E-state index in [1.165, 1.54) is 4.68 Å². The van der Waals surface area contributed by atoms with Gasteiger partial charge in [-0.25, -0.2) is 0 Å². The number of halogens is 3. The van der Waals surface area contributed by atoms with Crippen molar-refractivity contribution in [1.29, 1.82) is 0 Å². The Morgan fingerprint density at radius 2 is 1.88 bits per heavy atom. The van der Waals surface area contributed by atoms with Gasteiger partial charge in [0.15, 0.2) is 0 Å². The van der Waals surface area contributed by atoms with E-state index in [0.717, 1.165) is 0 Å². The van der Waals surface area contributed by atoms with Gasteiger partial charge in [0.25, 0.3) is 0 Å². The van der Waals surface area contributed by atoms with Gasteiger partial charge < -0.3 is 5.11 Å². The summed E-state index contributed by atoms with van der Waals surface area (Å²) in [6.45, 7) is 3.37. The summed E-state index contributed by atoms with van der Waals surface area (Å²) in [5.41, 5.74) is 2.07. The number of alkyl halides is 3. The molecule has 0 radical (unpaired) electrons. The van der Waals surface area contributed by atoms with Crippen molar-refractivity contribution in [2.45, 2.75) is 52.4 Å². The van der Waals surface area contributed by atoms with E-state index in [1.54, 1.807) is 0 Å². The number of nitrogens with zero attached hydrogens (tertiary/aromatic N) is 2. The Bertz CT molecular complexity index is 372. The first-order chi connectivity index (χ1) is 7.92. The van der Waals surface area contributed by atoms with Crippen LogP contribution in [0.3, 0.4) is 0 Å². The monoisotopic (exact) mass is 250 g/mol. The lowest BCUT2D eigenvalue weighted by Gasteiger charge is -2.09. The maximum absolute atomic E-state index is 12.2. The lowest BCUT2D eigenvalue weighted by molar-refractivity contribution is -0.137. The highest BCUT2D eigenvalue weighted by Gasteiger charge is 2.27. The number of rotatable bonds is 5. The molecular weight excluding hydrogens is 233 g/mol. The molecule has 1 aromatic rings. The summed E-state index contributed by atoms with van der Waals surface area (Å²) >= 11 is 0. The second-order valence-electron chi connectivity index (χ2n) is 3.83. The van der Waals surface area contributed by atoms with Gasteiger partial charge in [-0.05, 0) is 12.8 Å². The van der Waals surface area contributed by atoms with Gasteiger partial charge in [-0.15, -0.1) is 0 Å². The number of aliphatic hydroxyl groups is 1. The molecular formula is C11H17F3N2O. The number of aryl methyl sites for hydroxylation is 2. The van der Waals surface area contributed by atoms with Crippen molar-refractivity contribution in [2.24, 2.45) is 0 Å². The number of hydrogen-bond donors (Lipinski definition) is 1. The van der Waals surface area contributed by atoms with Crippen LogP contribution in [0.25, 0.3) is 0 Å². The van der Waals surface area contributed by atoms with E-state index < -0.39 is 12.6 Å². The van der Waals surface area contributed by atoms with Crippen molar-refractivity contribution in [3.63, 3.8) is 0 Å². The van der Waals surface area contributed by atoms with Crippen LogP contribution in [0.4, 0.5) is 13.2 Å². The molecule has 0 saturated carbocycles. The smallest absolute Gasteiger partial charge is 0.390 e. The molecule has 0 bridgehead atoms. The molecule has 17 heavy (non-hydrogen) atoms. The van der Waals surface area contributed by atoms with Crippen molar-refractivity contribution in [1.82, 2.24) is 9.78 Å². The molecule has 98 valence electrons. The molecule has 0 unspecified atom stereocenters. The zero-order valence-corrected chi connectivity index (χ0v) is 10.0. The topological polar surface area (TPSA) is 38.0 Å². The highest BCUT2D eigenvalue weighted by atomic mass is 19.4. The molecule has 0 fully saturated rings. The largest absolute Gasteiger partial charge is 0.392 e. The molecule has 0 amide bonds. The van der Waals surface area contributed by atoms with Crippen molar-refractivity contribution in [3.05, 3.63) is 17.0 Å². The van der Waals surface area contributed by atoms with Gasteiger partial charge in [-0.2, -0.15) is 18.3 Å². The zero-order valence-electron chi connectivity index (χ0n) is 10.0. The van der Waals surface area contributed by atoms with E-state index in [0.29, 0.717) is 29.8 Å². The molecule has 0 aromatic carbocycles. The number of aromatic nitrogens is 2. The second-order valence-corrected chi connectivity index (χ2v) is 3.83. The van der Waals surface area contributed by atoms with Crippen molar-refractivity contribution in [2.75, 3.05) is 0 Å². The van der Waals surface area contributed by atoms with Gasteiger partial charge in [0.2, 0.25) is 0 Å². The number of hydrogen-bond acceptors (Lipinski definition) is 2. The molecule has 6 heteroatoms. The van der Waals surface area contributed by atoms with Gasteiger partial charge in [-0.1, -0.05) is 13.8 Å². The van der Waals surface area contributed by atoms with Crippen LogP contribution in [0.1, 0.15) is 37.2 Å². The van der Waals surface area contributed by atoms with Gasteiger partial charge in [0, 0.05) is 17.8 Å². The van der Waals surface area contributed by atoms with Gasteiger partial charge >= 0.3 is 6.18 Å². The Labute approximate surface area is 98.2 Å². The van der Waals surface area contributed by atoms with Crippen LogP contribution in [-0.4, -0.2) is 21.1 Å². The molecule has 0 saturated heterocycles. The van der Waals surface area contributed by atoms with E-state index >= 15 is 0 Å². The van der Waals surface area contributed by atoms with Crippen molar-refractivity contribution < 1.29 is 18.3 Å². The minimum absolute atomic E-state index is 0.168. The first-order valence-corrected chi connectivity index (χ1v) is 5.68. The quantitative estimate of drug-likeness (QED) is 0.871. The van der Waals surface area contributed by atoms with Gasteiger partial charge in [0.05, 0.1) is 18.7 Å². The molecule has 1 aromatic heterocycles. The fraction of sp³-hybridized carbons (Fsp3) is 0.727. The molecule has 0 aliphatic carbocycles. The van der Waals surface area contributed by atoms with Gasteiger partial charge in [0.1, 0.15) is 0 Å². The van der Waals surface area contributed by atoms with E-state index in [1.807, 2.05) is 13.8 Å². The third kappa shape index (κ3) is 3.46.